The lowest BCUT2D eigenvalue weighted by Crippen LogP contribution is -2.45. The number of ether oxygens (including phenoxy) is 1. The summed E-state index contributed by atoms with van der Waals surface area (Å²) < 4.78 is 5.50. The minimum Gasteiger partial charge on any atom is -0.466 e. The third-order valence-corrected chi connectivity index (χ3v) is 20.9. The van der Waals surface area contributed by atoms with Gasteiger partial charge in [0.15, 0.2) is 0 Å². The van der Waals surface area contributed by atoms with Crippen molar-refractivity contribution in [2.45, 2.75) is 514 Å². The zero-order valence-corrected chi connectivity index (χ0v) is 65.4. The first-order chi connectivity index (χ1) is 47.5. The lowest BCUT2D eigenvalue weighted by Gasteiger charge is -2.20. The Bertz CT molecular complexity index is 1560. The third-order valence-electron chi connectivity index (χ3n) is 20.9. The average Bonchev–Trinajstić information content (AvgIpc) is 2.50. The lowest BCUT2D eigenvalue weighted by molar-refractivity contribution is -0.143. The van der Waals surface area contributed by atoms with Gasteiger partial charge >= 0.3 is 5.97 Å². The van der Waals surface area contributed by atoms with E-state index in [-0.39, 0.29) is 18.5 Å². The van der Waals surface area contributed by atoms with E-state index in [1.165, 1.54) is 424 Å². The average molecular weight is 1350 g/mol. The van der Waals surface area contributed by atoms with Crippen LogP contribution in [0.5, 0.6) is 0 Å². The molecule has 2 unspecified atom stereocenters. The van der Waals surface area contributed by atoms with Crippen LogP contribution >= 0.6 is 0 Å². The quantitative estimate of drug-likeness (QED) is 0.0320. The van der Waals surface area contributed by atoms with Gasteiger partial charge < -0.3 is 20.3 Å². The molecule has 0 aromatic heterocycles. The Morgan fingerprint density at radius 1 is 0.292 bits per heavy atom. The monoisotopic (exact) mass is 1350 g/mol. The summed E-state index contributed by atoms with van der Waals surface area (Å²) in [5.74, 6) is -0.0454. The third kappa shape index (κ3) is 81.0. The van der Waals surface area contributed by atoms with Crippen molar-refractivity contribution in [3.63, 3.8) is 0 Å². The minimum absolute atomic E-state index is 0.0107. The van der Waals surface area contributed by atoms with Gasteiger partial charge in [-0.3, -0.25) is 9.59 Å². The molecule has 96 heavy (non-hydrogen) atoms. The van der Waals surface area contributed by atoms with Crippen LogP contribution in [0.4, 0.5) is 0 Å². The lowest BCUT2D eigenvalue weighted by atomic mass is 10.0. The number of aliphatic hydroxyl groups is 2. The molecule has 0 aliphatic heterocycles. The van der Waals surface area contributed by atoms with Crippen molar-refractivity contribution in [3.8, 4) is 0 Å². The number of carbonyl (C=O) groups excluding carboxylic acids is 2. The Kier molecular flexibility index (Phi) is 83.8. The molecule has 0 radical (unpaired) electrons. The first kappa shape index (κ1) is 94.1. The summed E-state index contributed by atoms with van der Waals surface area (Å²) >= 11 is 0. The number of rotatable bonds is 84. The topological polar surface area (TPSA) is 95.9 Å². The Morgan fingerprint density at radius 3 is 0.812 bits per heavy atom. The van der Waals surface area contributed by atoms with E-state index < -0.39 is 12.1 Å². The van der Waals surface area contributed by atoms with Crippen LogP contribution in [0.25, 0.3) is 0 Å². The number of hydrogen-bond acceptors (Lipinski definition) is 5. The molecule has 0 aliphatic rings. The van der Waals surface area contributed by atoms with Crippen LogP contribution in [0.2, 0.25) is 0 Å². The summed E-state index contributed by atoms with van der Waals surface area (Å²) in [6, 6.07) is -0.625. The fourth-order valence-electron chi connectivity index (χ4n) is 14.2. The van der Waals surface area contributed by atoms with Gasteiger partial charge in [-0.05, 0) is 64.2 Å². The predicted molar refractivity (Wildman–Crippen MR) is 426 cm³/mol. The van der Waals surface area contributed by atoms with Gasteiger partial charge in [-0.2, -0.15) is 0 Å². The predicted octanol–water partition coefficient (Wildman–Crippen LogP) is 29.7. The first-order valence-corrected chi connectivity index (χ1v) is 44.3. The Hall–Kier alpha value is -1.92. The summed E-state index contributed by atoms with van der Waals surface area (Å²) in [5, 5.41) is 23.4. The maximum atomic E-state index is 12.6. The van der Waals surface area contributed by atoms with Crippen molar-refractivity contribution in [1.82, 2.24) is 5.32 Å². The Labute approximate surface area is 602 Å². The van der Waals surface area contributed by atoms with Crippen LogP contribution in [-0.2, 0) is 14.3 Å². The second kappa shape index (κ2) is 85.5. The van der Waals surface area contributed by atoms with E-state index in [4.69, 9.17) is 4.74 Å². The maximum absolute atomic E-state index is 12.6. The molecule has 6 nitrogen and oxygen atoms in total. The van der Waals surface area contributed by atoms with E-state index in [2.05, 4.69) is 43.5 Å². The standard InChI is InChI=1S/C90H173NO5/c1-3-5-7-9-11-13-15-17-19-20-21-22-23-39-42-45-48-51-55-58-62-66-70-74-78-82-88(93)87(86-92)91-89(94)83-79-75-71-67-63-59-56-52-49-46-43-40-37-35-33-31-29-27-25-24-26-28-30-32-34-36-38-41-44-47-50-53-57-61-65-69-73-77-81-85-96-90(95)84-80-76-72-68-64-60-54-18-16-14-12-10-8-6-4-2/h12,14,18,54,78,82,87-88,92-93H,3-11,13,15-17,19-53,55-77,79-81,83-86H2,1-2H3,(H,91,94)/b14-12-,54-18-,82-78+. The van der Waals surface area contributed by atoms with Gasteiger partial charge in [-0.15, -0.1) is 0 Å². The fourth-order valence-corrected chi connectivity index (χ4v) is 14.2. The van der Waals surface area contributed by atoms with Crippen LogP contribution < -0.4 is 5.32 Å². The molecule has 6 heteroatoms. The van der Waals surface area contributed by atoms with E-state index in [9.17, 15) is 19.8 Å². The number of aliphatic hydroxyl groups excluding tert-OH is 2. The molecule has 0 rings (SSSR count). The number of allylic oxidation sites excluding steroid dienone is 5. The number of carbonyl (C=O) groups is 2. The molecule has 1 amide bonds. The van der Waals surface area contributed by atoms with Crippen molar-refractivity contribution < 1.29 is 24.5 Å². The summed E-state index contributed by atoms with van der Waals surface area (Å²) in [6.07, 6.45) is 113. The van der Waals surface area contributed by atoms with E-state index in [1.54, 1.807) is 6.08 Å². The maximum Gasteiger partial charge on any atom is 0.305 e. The Balaban J connectivity index is 3.32. The number of unbranched alkanes of at least 4 members (excludes halogenated alkanes) is 69. The van der Waals surface area contributed by atoms with Gasteiger partial charge in [0.2, 0.25) is 5.91 Å². The van der Waals surface area contributed by atoms with Gasteiger partial charge in [0, 0.05) is 12.8 Å². The highest BCUT2D eigenvalue weighted by Crippen LogP contribution is 2.21. The van der Waals surface area contributed by atoms with Crippen molar-refractivity contribution in [2.24, 2.45) is 0 Å². The highest BCUT2D eigenvalue weighted by molar-refractivity contribution is 5.76. The highest BCUT2D eigenvalue weighted by Gasteiger charge is 2.18. The molecule has 0 aromatic rings. The molecule has 0 fully saturated rings. The van der Waals surface area contributed by atoms with Crippen molar-refractivity contribution in [3.05, 3.63) is 36.5 Å². The van der Waals surface area contributed by atoms with Crippen LogP contribution in [-0.4, -0.2) is 47.4 Å². The molecule has 0 saturated carbocycles. The molecule has 0 aromatic carbocycles. The molecule has 568 valence electrons. The van der Waals surface area contributed by atoms with Crippen LogP contribution in [0.3, 0.4) is 0 Å². The molecule has 2 atom stereocenters. The summed E-state index contributed by atoms with van der Waals surface area (Å²) in [4.78, 5) is 24.7. The van der Waals surface area contributed by atoms with Gasteiger partial charge in [0.25, 0.3) is 0 Å². The molecule has 0 heterocycles. The van der Waals surface area contributed by atoms with E-state index in [1.807, 2.05) is 6.08 Å². The molecule has 0 spiro atoms. The molecule has 0 saturated heterocycles. The normalized spacial score (nSPS) is 12.6. The van der Waals surface area contributed by atoms with Gasteiger partial charge in [-0.25, -0.2) is 0 Å². The van der Waals surface area contributed by atoms with Crippen molar-refractivity contribution >= 4 is 11.9 Å². The molecular weight excluding hydrogens is 1170 g/mol. The zero-order valence-electron chi connectivity index (χ0n) is 65.4. The summed E-state index contributed by atoms with van der Waals surface area (Å²) in [5.41, 5.74) is 0. The number of nitrogens with one attached hydrogen (secondary N) is 1. The van der Waals surface area contributed by atoms with Crippen LogP contribution in [0, 0.1) is 0 Å². The minimum atomic E-state index is -0.842. The number of esters is 1. The summed E-state index contributed by atoms with van der Waals surface area (Å²) in [7, 11) is 0. The van der Waals surface area contributed by atoms with E-state index >= 15 is 0 Å². The second-order valence-corrected chi connectivity index (χ2v) is 30.6. The molecular formula is C90H173NO5. The van der Waals surface area contributed by atoms with Crippen molar-refractivity contribution in [1.29, 1.82) is 0 Å². The van der Waals surface area contributed by atoms with Gasteiger partial charge in [0.05, 0.1) is 25.4 Å². The second-order valence-electron chi connectivity index (χ2n) is 30.6. The molecule has 0 aliphatic carbocycles. The first-order valence-electron chi connectivity index (χ1n) is 44.3. The fraction of sp³-hybridized carbons (Fsp3) is 0.911. The number of hydrogen-bond donors (Lipinski definition) is 3. The van der Waals surface area contributed by atoms with E-state index in [0.29, 0.717) is 19.4 Å². The zero-order chi connectivity index (χ0) is 69.1. The summed E-state index contributed by atoms with van der Waals surface area (Å²) in [6.45, 7) is 4.93. The molecule has 0 bridgehead atoms. The van der Waals surface area contributed by atoms with Crippen LogP contribution in [0.1, 0.15) is 502 Å². The molecule has 3 N–H and O–H groups in total. The Morgan fingerprint density at radius 2 is 0.521 bits per heavy atom. The van der Waals surface area contributed by atoms with Gasteiger partial charge in [0.1, 0.15) is 0 Å². The van der Waals surface area contributed by atoms with Crippen molar-refractivity contribution in [2.75, 3.05) is 13.2 Å². The number of amides is 1. The highest BCUT2D eigenvalue weighted by atomic mass is 16.5. The largest absolute Gasteiger partial charge is 0.466 e. The van der Waals surface area contributed by atoms with Gasteiger partial charge in [-0.1, -0.05) is 461 Å². The van der Waals surface area contributed by atoms with E-state index in [0.717, 1.165) is 51.4 Å². The van der Waals surface area contributed by atoms with Crippen LogP contribution in [0.15, 0.2) is 36.5 Å². The smallest absolute Gasteiger partial charge is 0.305 e. The SMILES string of the molecule is CCCCC/C=C\C/C=C\CCCCCCCC(=O)OCCCCCCCCCCCCCCCCCCCCCCCCCCCCCCCCCCCCCCCCCC(=O)NC(CO)C(O)/C=C/CCCCCCCCCCCCCCCCCCCCCCCCC.